The summed E-state index contributed by atoms with van der Waals surface area (Å²) in [4.78, 5) is 10.9. The predicted molar refractivity (Wildman–Crippen MR) is 71.9 cm³/mol. The fourth-order valence-corrected chi connectivity index (χ4v) is 1.98. The van der Waals surface area contributed by atoms with Gasteiger partial charge in [0, 0.05) is 6.54 Å². The molecule has 2 aromatic heterocycles. The first kappa shape index (κ1) is 12.9. The van der Waals surface area contributed by atoms with Crippen LogP contribution in [0.15, 0.2) is 22.8 Å². The molecule has 0 fully saturated rings. The normalized spacial score (nSPS) is 10.7. The highest BCUT2D eigenvalue weighted by molar-refractivity contribution is 6.31. The van der Waals surface area contributed by atoms with E-state index in [4.69, 9.17) is 16.0 Å². The molecule has 0 radical (unpaired) electrons. The molecular weight excluding hydrogens is 250 g/mol. The van der Waals surface area contributed by atoms with Gasteiger partial charge in [0.2, 0.25) is 0 Å². The second-order valence-corrected chi connectivity index (χ2v) is 4.46. The van der Waals surface area contributed by atoms with Gasteiger partial charge in [-0.3, -0.25) is 0 Å². The molecule has 96 valence electrons. The van der Waals surface area contributed by atoms with Crippen LogP contribution in [0.1, 0.15) is 24.1 Å². The number of aromatic nitrogens is 2. The summed E-state index contributed by atoms with van der Waals surface area (Å²) in [5, 5.41) is 0.437. The highest BCUT2D eigenvalue weighted by atomic mass is 35.5. The molecule has 0 amide bonds. The molecule has 5 heteroatoms. The molecule has 2 heterocycles. The standard InChI is InChI=1S/C13H16ClN3O/c1-4-17(8-11-6-5-7-18-11)13-12(14)15-9(2)10(3)16-13/h5-7H,4,8H2,1-3H3. The summed E-state index contributed by atoms with van der Waals surface area (Å²) in [5.74, 6) is 1.59. The average Bonchev–Trinajstić information content (AvgIpc) is 2.84. The van der Waals surface area contributed by atoms with Gasteiger partial charge in [0.1, 0.15) is 5.76 Å². The van der Waals surface area contributed by atoms with Crippen molar-refractivity contribution in [2.75, 3.05) is 11.4 Å². The maximum atomic E-state index is 6.17. The molecule has 0 bridgehead atoms. The van der Waals surface area contributed by atoms with E-state index in [2.05, 4.69) is 16.9 Å². The van der Waals surface area contributed by atoms with Crippen molar-refractivity contribution in [2.45, 2.75) is 27.3 Å². The molecular formula is C13H16ClN3O. The van der Waals surface area contributed by atoms with Crippen LogP contribution in [-0.4, -0.2) is 16.5 Å². The minimum absolute atomic E-state index is 0.437. The Labute approximate surface area is 112 Å². The van der Waals surface area contributed by atoms with Gasteiger partial charge in [-0.1, -0.05) is 11.6 Å². The van der Waals surface area contributed by atoms with E-state index in [1.54, 1.807) is 6.26 Å². The topological polar surface area (TPSA) is 42.2 Å². The maximum absolute atomic E-state index is 6.17. The van der Waals surface area contributed by atoms with Gasteiger partial charge in [0.15, 0.2) is 11.0 Å². The molecule has 0 N–H and O–H groups in total. The maximum Gasteiger partial charge on any atom is 0.171 e. The van der Waals surface area contributed by atoms with Crippen LogP contribution in [0.2, 0.25) is 5.15 Å². The number of hydrogen-bond acceptors (Lipinski definition) is 4. The highest BCUT2D eigenvalue weighted by Gasteiger charge is 2.15. The minimum Gasteiger partial charge on any atom is -0.467 e. The van der Waals surface area contributed by atoms with Crippen molar-refractivity contribution in [3.05, 3.63) is 40.7 Å². The number of hydrogen-bond donors (Lipinski definition) is 0. The second kappa shape index (κ2) is 5.40. The molecule has 0 unspecified atom stereocenters. The third kappa shape index (κ3) is 2.64. The Balaban J connectivity index is 2.30. The molecule has 0 saturated heterocycles. The molecule has 0 saturated carbocycles. The molecule has 0 spiro atoms. The lowest BCUT2D eigenvalue weighted by Crippen LogP contribution is -2.24. The Morgan fingerprint density at radius 3 is 2.61 bits per heavy atom. The summed E-state index contributed by atoms with van der Waals surface area (Å²) in [6.45, 7) is 7.32. The van der Waals surface area contributed by atoms with E-state index in [0.717, 1.165) is 23.7 Å². The van der Waals surface area contributed by atoms with Crippen molar-refractivity contribution in [3.63, 3.8) is 0 Å². The van der Waals surface area contributed by atoms with Crippen LogP contribution in [-0.2, 0) is 6.54 Å². The van der Waals surface area contributed by atoms with Crippen LogP contribution in [0.3, 0.4) is 0 Å². The highest BCUT2D eigenvalue weighted by Crippen LogP contribution is 2.24. The summed E-state index contributed by atoms with van der Waals surface area (Å²) in [6.07, 6.45) is 1.66. The van der Waals surface area contributed by atoms with Gasteiger partial charge in [-0.05, 0) is 32.9 Å². The molecule has 2 aromatic rings. The van der Waals surface area contributed by atoms with Gasteiger partial charge < -0.3 is 9.32 Å². The second-order valence-electron chi connectivity index (χ2n) is 4.10. The molecule has 4 nitrogen and oxygen atoms in total. The van der Waals surface area contributed by atoms with Crippen LogP contribution in [0.5, 0.6) is 0 Å². The van der Waals surface area contributed by atoms with Crippen molar-refractivity contribution < 1.29 is 4.42 Å². The predicted octanol–water partition coefficient (Wildman–Crippen LogP) is 3.37. The van der Waals surface area contributed by atoms with Gasteiger partial charge in [-0.2, -0.15) is 0 Å². The number of anilines is 1. The van der Waals surface area contributed by atoms with E-state index in [9.17, 15) is 0 Å². The molecule has 0 atom stereocenters. The van der Waals surface area contributed by atoms with E-state index in [0.29, 0.717) is 17.5 Å². The fourth-order valence-electron chi connectivity index (χ4n) is 1.69. The van der Waals surface area contributed by atoms with Crippen molar-refractivity contribution in [1.82, 2.24) is 9.97 Å². The first-order valence-electron chi connectivity index (χ1n) is 5.90. The SMILES string of the molecule is CCN(Cc1ccco1)c1nc(C)c(C)nc1Cl. The molecule has 18 heavy (non-hydrogen) atoms. The lowest BCUT2D eigenvalue weighted by Gasteiger charge is -2.22. The smallest absolute Gasteiger partial charge is 0.171 e. The molecule has 0 aromatic carbocycles. The van der Waals surface area contributed by atoms with E-state index in [1.807, 2.05) is 30.9 Å². The number of aryl methyl sites for hydroxylation is 2. The van der Waals surface area contributed by atoms with Crippen molar-refractivity contribution in [1.29, 1.82) is 0 Å². The van der Waals surface area contributed by atoms with Crippen molar-refractivity contribution >= 4 is 17.4 Å². The van der Waals surface area contributed by atoms with Crippen LogP contribution < -0.4 is 4.90 Å². The first-order valence-corrected chi connectivity index (χ1v) is 6.27. The lowest BCUT2D eigenvalue weighted by molar-refractivity contribution is 0.502. The Morgan fingerprint density at radius 2 is 2.00 bits per heavy atom. The Kier molecular flexibility index (Phi) is 3.87. The lowest BCUT2D eigenvalue weighted by atomic mass is 10.3. The van der Waals surface area contributed by atoms with Crippen LogP contribution in [0.4, 0.5) is 5.82 Å². The van der Waals surface area contributed by atoms with Crippen LogP contribution in [0, 0.1) is 13.8 Å². The first-order chi connectivity index (χ1) is 8.61. The van der Waals surface area contributed by atoms with Gasteiger partial charge >= 0.3 is 0 Å². The largest absolute Gasteiger partial charge is 0.467 e. The van der Waals surface area contributed by atoms with Crippen LogP contribution in [0.25, 0.3) is 0 Å². The number of halogens is 1. The third-order valence-electron chi connectivity index (χ3n) is 2.86. The van der Waals surface area contributed by atoms with Crippen molar-refractivity contribution in [3.8, 4) is 0 Å². The van der Waals surface area contributed by atoms with Gasteiger partial charge in [-0.25, -0.2) is 9.97 Å². The number of nitrogens with zero attached hydrogens (tertiary/aromatic N) is 3. The van der Waals surface area contributed by atoms with Gasteiger partial charge in [0.05, 0.1) is 24.2 Å². The summed E-state index contributed by atoms with van der Waals surface area (Å²) in [5.41, 5.74) is 1.75. The summed E-state index contributed by atoms with van der Waals surface area (Å²) in [6, 6.07) is 3.81. The van der Waals surface area contributed by atoms with E-state index in [1.165, 1.54) is 0 Å². The fraction of sp³-hybridized carbons (Fsp3) is 0.385. The quantitative estimate of drug-likeness (QED) is 0.850. The molecule has 0 aliphatic carbocycles. The summed E-state index contributed by atoms with van der Waals surface area (Å²) in [7, 11) is 0. The third-order valence-corrected chi connectivity index (χ3v) is 3.11. The average molecular weight is 266 g/mol. The minimum atomic E-state index is 0.437. The van der Waals surface area contributed by atoms with Crippen LogP contribution >= 0.6 is 11.6 Å². The van der Waals surface area contributed by atoms with Crippen molar-refractivity contribution in [2.24, 2.45) is 0 Å². The Hall–Kier alpha value is -1.55. The molecule has 0 aliphatic rings. The Morgan fingerprint density at radius 1 is 1.28 bits per heavy atom. The zero-order valence-corrected chi connectivity index (χ0v) is 11.5. The number of furan rings is 1. The van der Waals surface area contributed by atoms with E-state index in [-0.39, 0.29) is 0 Å². The van der Waals surface area contributed by atoms with E-state index >= 15 is 0 Å². The van der Waals surface area contributed by atoms with Gasteiger partial charge in [0.25, 0.3) is 0 Å². The summed E-state index contributed by atoms with van der Waals surface area (Å²) >= 11 is 6.17. The molecule has 0 aliphatic heterocycles. The number of rotatable bonds is 4. The molecule has 2 rings (SSSR count). The van der Waals surface area contributed by atoms with Gasteiger partial charge in [-0.15, -0.1) is 0 Å². The zero-order chi connectivity index (χ0) is 13.1. The Bertz CT molecular complexity index is 525. The van der Waals surface area contributed by atoms with E-state index < -0.39 is 0 Å². The zero-order valence-electron chi connectivity index (χ0n) is 10.8. The summed E-state index contributed by atoms with van der Waals surface area (Å²) < 4.78 is 5.35. The monoisotopic (exact) mass is 265 g/mol.